The Morgan fingerprint density at radius 1 is 1.00 bits per heavy atom. The van der Waals surface area contributed by atoms with Crippen molar-refractivity contribution in [1.29, 1.82) is 0 Å². The first-order valence-corrected chi connectivity index (χ1v) is 6.20. The summed E-state index contributed by atoms with van der Waals surface area (Å²) in [6, 6.07) is 18.0. The van der Waals surface area contributed by atoms with Crippen LogP contribution in [0.15, 0.2) is 65.9 Å². The zero-order chi connectivity index (χ0) is 13.1. The van der Waals surface area contributed by atoms with Crippen LogP contribution in [-0.2, 0) is 6.42 Å². The predicted octanol–water partition coefficient (Wildman–Crippen LogP) is 3.59. The zero-order valence-electron chi connectivity index (χ0n) is 10.4. The Balaban J connectivity index is 1.99. The van der Waals surface area contributed by atoms with Gasteiger partial charge in [-0.05, 0) is 11.6 Å². The third-order valence-corrected chi connectivity index (χ3v) is 3.24. The quantitative estimate of drug-likeness (QED) is 0.416. The van der Waals surface area contributed by atoms with Crippen LogP contribution in [0.1, 0.15) is 11.1 Å². The first-order valence-electron chi connectivity index (χ1n) is 6.20. The number of nitrogens with one attached hydrogen (secondary N) is 1. The van der Waals surface area contributed by atoms with Crippen LogP contribution in [0.5, 0.6) is 0 Å². The molecule has 3 nitrogen and oxygen atoms in total. The molecule has 1 aromatic heterocycles. The lowest BCUT2D eigenvalue weighted by Crippen LogP contribution is -2.04. The van der Waals surface area contributed by atoms with E-state index in [9.17, 15) is 5.21 Å². The molecule has 0 bridgehead atoms. The number of benzene rings is 2. The number of fused-ring (bicyclic) bond motifs is 1. The Morgan fingerprint density at radius 2 is 1.74 bits per heavy atom. The summed E-state index contributed by atoms with van der Waals surface area (Å²) in [5.41, 5.74) is 3.79. The van der Waals surface area contributed by atoms with Crippen LogP contribution in [0, 0.1) is 0 Å². The van der Waals surface area contributed by atoms with E-state index in [2.05, 4.69) is 10.1 Å². The van der Waals surface area contributed by atoms with Gasteiger partial charge in [0.15, 0.2) is 0 Å². The molecular weight excluding hydrogens is 236 g/mol. The van der Waals surface area contributed by atoms with E-state index in [1.165, 1.54) is 0 Å². The van der Waals surface area contributed by atoms with E-state index in [1.807, 2.05) is 60.8 Å². The number of hydrogen-bond acceptors (Lipinski definition) is 2. The SMILES string of the molecule is O/N=C(\Cc1ccccc1)c1c[nH]c2ccccc12. The van der Waals surface area contributed by atoms with Crippen LogP contribution >= 0.6 is 0 Å². The highest BCUT2D eigenvalue weighted by molar-refractivity contribution is 6.11. The van der Waals surface area contributed by atoms with Gasteiger partial charge in [-0.1, -0.05) is 53.7 Å². The lowest BCUT2D eigenvalue weighted by molar-refractivity contribution is 0.318. The van der Waals surface area contributed by atoms with Gasteiger partial charge >= 0.3 is 0 Å². The number of oxime groups is 1. The summed E-state index contributed by atoms with van der Waals surface area (Å²) in [6.45, 7) is 0. The summed E-state index contributed by atoms with van der Waals surface area (Å²) >= 11 is 0. The van der Waals surface area contributed by atoms with Crippen molar-refractivity contribution in [3.05, 3.63) is 71.9 Å². The molecule has 0 atom stereocenters. The fourth-order valence-corrected chi connectivity index (χ4v) is 2.28. The maximum absolute atomic E-state index is 9.29. The number of nitrogens with zero attached hydrogens (tertiary/aromatic N) is 1. The first-order chi connectivity index (χ1) is 9.38. The molecule has 3 heteroatoms. The molecule has 0 aliphatic carbocycles. The van der Waals surface area contributed by atoms with Gasteiger partial charge in [-0.2, -0.15) is 0 Å². The van der Waals surface area contributed by atoms with E-state index in [-0.39, 0.29) is 0 Å². The van der Waals surface area contributed by atoms with Gasteiger partial charge in [0, 0.05) is 29.1 Å². The van der Waals surface area contributed by atoms with Crippen LogP contribution in [0.4, 0.5) is 0 Å². The highest BCUT2D eigenvalue weighted by atomic mass is 16.4. The molecular formula is C16H14N2O. The largest absolute Gasteiger partial charge is 0.411 e. The molecule has 0 saturated heterocycles. The van der Waals surface area contributed by atoms with Crippen LogP contribution in [0.3, 0.4) is 0 Å². The highest BCUT2D eigenvalue weighted by Gasteiger charge is 2.11. The lowest BCUT2D eigenvalue weighted by atomic mass is 10.0. The Hall–Kier alpha value is -2.55. The highest BCUT2D eigenvalue weighted by Crippen LogP contribution is 2.20. The van der Waals surface area contributed by atoms with Crippen molar-refractivity contribution in [3.63, 3.8) is 0 Å². The molecule has 0 radical (unpaired) electrons. The van der Waals surface area contributed by atoms with Crippen LogP contribution < -0.4 is 0 Å². The molecule has 0 unspecified atom stereocenters. The van der Waals surface area contributed by atoms with E-state index in [0.717, 1.165) is 22.0 Å². The maximum atomic E-state index is 9.29. The fourth-order valence-electron chi connectivity index (χ4n) is 2.28. The monoisotopic (exact) mass is 250 g/mol. The average Bonchev–Trinajstić information content (AvgIpc) is 2.90. The molecule has 3 rings (SSSR count). The summed E-state index contributed by atoms with van der Waals surface area (Å²) < 4.78 is 0. The molecule has 19 heavy (non-hydrogen) atoms. The van der Waals surface area contributed by atoms with Crippen molar-refractivity contribution in [2.75, 3.05) is 0 Å². The smallest absolute Gasteiger partial charge is 0.0932 e. The Bertz CT molecular complexity index is 714. The lowest BCUT2D eigenvalue weighted by Gasteiger charge is -2.03. The number of hydrogen-bond donors (Lipinski definition) is 2. The molecule has 0 fully saturated rings. The van der Waals surface area contributed by atoms with Crippen molar-refractivity contribution < 1.29 is 5.21 Å². The molecule has 0 amide bonds. The number of aromatic amines is 1. The maximum Gasteiger partial charge on any atom is 0.0932 e. The van der Waals surface area contributed by atoms with Crippen molar-refractivity contribution in [1.82, 2.24) is 4.98 Å². The average molecular weight is 250 g/mol. The van der Waals surface area contributed by atoms with Crippen molar-refractivity contribution in [2.45, 2.75) is 6.42 Å². The van der Waals surface area contributed by atoms with Crippen LogP contribution in [0.2, 0.25) is 0 Å². The molecule has 0 aliphatic heterocycles. The standard InChI is InChI=1S/C16H14N2O/c19-18-16(10-12-6-2-1-3-7-12)14-11-17-15-9-5-4-8-13(14)15/h1-9,11,17,19H,10H2/b18-16+. The van der Waals surface area contributed by atoms with Gasteiger partial charge < -0.3 is 10.2 Å². The Kier molecular flexibility index (Phi) is 3.02. The van der Waals surface area contributed by atoms with Gasteiger partial charge in [-0.15, -0.1) is 0 Å². The zero-order valence-corrected chi connectivity index (χ0v) is 10.4. The third-order valence-electron chi connectivity index (χ3n) is 3.24. The molecule has 94 valence electrons. The van der Waals surface area contributed by atoms with Crippen molar-refractivity contribution in [2.24, 2.45) is 5.16 Å². The molecule has 1 heterocycles. The normalized spacial score (nSPS) is 11.9. The minimum absolute atomic E-state index is 0.610. The summed E-state index contributed by atoms with van der Waals surface area (Å²) in [4.78, 5) is 3.20. The fraction of sp³-hybridized carbons (Fsp3) is 0.0625. The van der Waals surface area contributed by atoms with E-state index >= 15 is 0 Å². The van der Waals surface area contributed by atoms with Crippen molar-refractivity contribution >= 4 is 16.6 Å². The molecule has 2 N–H and O–H groups in total. The van der Waals surface area contributed by atoms with Crippen LogP contribution in [0.25, 0.3) is 10.9 Å². The van der Waals surface area contributed by atoms with Crippen molar-refractivity contribution in [3.8, 4) is 0 Å². The number of rotatable bonds is 3. The molecule has 2 aromatic carbocycles. The number of H-pyrrole nitrogens is 1. The topological polar surface area (TPSA) is 48.4 Å². The van der Waals surface area contributed by atoms with Gasteiger partial charge in [0.1, 0.15) is 0 Å². The van der Waals surface area contributed by atoms with Gasteiger partial charge in [0.25, 0.3) is 0 Å². The second-order valence-corrected chi connectivity index (χ2v) is 4.46. The van der Waals surface area contributed by atoms with E-state index in [0.29, 0.717) is 12.1 Å². The number of para-hydroxylation sites is 1. The third kappa shape index (κ3) is 2.22. The second kappa shape index (κ2) is 4.98. The van der Waals surface area contributed by atoms with Gasteiger partial charge in [0.05, 0.1) is 5.71 Å². The van der Waals surface area contributed by atoms with E-state index < -0.39 is 0 Å². The van der Waals surface area contributed by atoms with Crippen LogP contribution in [-0.4, -0.2) is 15.9 Å². The molecule has 3 aromatic rings. The summed E-state index contributed by atoms with van der Waals surface area (Å²) in [5.74, 6) is 0. The Morgan fingerprint density at radius 3 is 2.53 bits per heavy atom. The summed E-state index contributed by atoms with van der Waals surface area (Å²) in [7, 11) is 0. The van der Waals surface area contributed by atoms with E-state index in [4.69, 9.17) is 0 Å². The minimum atomic E-state index is 0.610. The van der Waals surface area contributed by atoms with Gasteiger partial charge in [0.2, 0.25) is 0 Å². The number of aromatic nitrogens is 1. The molecule has 0 spiro atoms. The van der Waals surface area contributed by atoms with Gasteiger partial charge in [-0.3, -0.25) is 0 Å². The van der Waals surface area contributed by atoms with Gasteiger partial charge in [-0.25, -0.2) is 0 Å². The minimum Gasteiger partial charge on any atom is -0.411 e. The Labute approximate surface area is 111 Å². The molecule has 0 saturated carbocycles. The predicted molar refractivity (Wildman–Crippen MR) is 76.8 cm³/mol. The summed E-state index contributed by atoms with van der Waals surface area (Å²) in [5, 5.41) is 13.8. The van der Waals surface area contributed by atoms with E-state index in [1.54, 1.807) is 0 Å². The first kappa shape index (κ1) is 11.5. The second-order valence-electron chi connectivity index (χ2n) is 4.46. The summed E-state index contributed by atoms with van der Waals surface area (Å²) in [6.07, 6.45) is 2.50. The molecule has 0 aliphatic rings.